The van der Waals surface area contributed by atoms with Gasteiger partial charge in [-0.1, -0.05) is 0 Å². The quantitative estimate of drug-likeness (QED) is 0.551. The molecule has 1 rings (SSSR count). The SMILES string of the molecule is CC(=O)c1cc(F)c(Br)c(P)c1. The van der Waals surface area contributed by atoms with Crippen LogP contribution in [0, 0.1) is 5.82 Å². The second kappa shape index (κ2) is 3.63. The lowest BCUT2D eigenvalue weighted by Crippen LogP contribution is -2.03. The summed E-state index contributed by atoms with van der Waals surface area (Å²) in [6, 6.07) is 2.85. The maximum absolute atomic E-state index is 13.0. The number of rotatable bonds is 1. The maximum atomic E-state index is 13.0. The van der Waals surface area contributed by atoms with Gasteiger partial charge in [-0.3, -0.25) is 4.79 Å². The second-order valence-corrected chi connectivity index (χ2v) is 3.83. The molecule has 64 valence electrons. The molecule has 0 radical (unpaired) electrons. The zero-order chi connectivity index (χ0) is 9.30. The highest BCUT2D eigenvalue weighted by molar-refractivity contribution is 9.10. The monoisotopic (exact) mass is 248 g/mol. The largest absolute Gasteiger partial charge is 0.295 e. The van der Waals surface area contributed by atoms with E-state index in [2.05, 4.69) is 25.2 Å². The number of carbonyl (C=O) groups is 1. The molecule has 0 amide bonds. The van der Waals surface area contributed by atoms with Crippen molar-refractivity contribution in [3.8, 4) is 0 Å². The number of carbonyl (C=O) groups excluding carboxylic acids is 1. The number of hydrogen-bond acceptors (Lipinski definition) is 1. The Morgan fingerprint density at radius 3 is 2.58 bits per heavy atom. The van der Waals surface area contributed by atoms with E-state index < -0.39 is 5.82 Å². The van der Waals surface area contributed by atoms with Crippen LogP contribution in [0.3, 0.4) is 0 Å². The summed E-state index contributed by atoms with van der Waals surface area (Å²) >= 11 is 3.06. The molecule has 12 heavy (non-hydrogen) atoms. The maximum Gasteiger partial charge on any atom is 0.159 e. The van der Waals surface area contributed by atoms with Gasteiger partial charge in [0.2, 0.25) is 0 Å². The number of Topliss-reactive ketones (excluding diaryl/α,β-unsaturated/α-hetero) is 1. The zero-order valence-corrected chi connectivity index (χ0v) is 9.14. The smallest absolute Gasteiger partial charge is 0.159 e. The van der Waals surface area contributed by atoms with E-state index in [9.17, 15) is 9.18 Å². The summed E-state index contributed by atoms with van der Waals surface area (Å²) in [7, 11) is 2.36. The van der Waals surface area contributed by atoms with Gasteiger partial charge in [-0.05, 0) is 40.3 Å². The molecule has 0 saturated heterocycles. The lowest BCUT2D eigenvalue weighted by molar-refractivity contribution is 0.101. The van der Waals surface area contributed by atoms with Crippen LogP contribution in [0.2, 0.25) is 0 Å². The number of hydrogen-bond donors (Lipinski definition) is 0. The van der Waals surface area contributed by atoms with Crippen molar-refractivity contribution in [1.82, 2.24) is 0 Å². The van der Waals surface area contributed by atoms with E-state index in [1.54, 1.807) is 6.07 Å². The van der Waals surface area contributed by atoms with Crippen molar-refractivity contribution in [1.29, 1.82) is 0 Å². The third-order valence-electron chi connectivity index (χ3n) is 1.46. The summed E-state index contributed by atoms with van der Waals surface area (Å²) in [5.41, 5.74) is 0.390. The molecule has 0 fully saturated rings. The third-order valence-corrected chi connectivity index (χ3v) is 3.18. The van der Waals surface area contributed by atoms with E-state index in [1.807, 2.05) is 0 Å². The molecule has 0 aliphatic rings. The first-order chi connectivity index (χ1) is 5.52. The Morgan fingerprint density at radius 1 is 1.58 bits per heavy atom. The Bertz CT molecular complexity index is 315. The van der Waals surface area contributed by atoms with Crippen molar-refractivity contribution in [2.24, 2.45) is 0 Å². The van der Waals surface area contributed by atoms with E-state index in [-0.39, 0.29) is 5.78 Å². The summed E-state index contributed by atoms with van der Waals surface area (Å²) in [6.07, 6.45) is 0. The predicted molar refractivity (Wildman–Crippen MR) is 53.4 cm³/mol. The Hall–Kier alpha value is -0.270. The van der Waals surface area contributed by atoms with Gasteiger partial charge in [-0.2, -0.15) is 0 Å². The minimum atomic E-state index is -0.410. The van der Waals surface area contributed by atoms with Gasteiger partial charge in [0.1, 0.15) is 5.82 Å². The first kappa shape index (κ1) is 9.82. The molecule has 0 bridgehead atoms. The van der Waals surface area contributed by atoms with Crippen LogP contribution in [0.15, 0.2) is 16.6 Å². The fourth-order valence-electron chi connectivity index (χ4n) is 0.814. The first-order valence-electron chi connectivity index (χ1n) is 3.28. The minimum absolute atomic E-state index is 0.134. The Morgan fingerprint density at radius 2 is 2.17 bits per heavy atom. The van der Waals surface area contributed by atoms with Gasteiger partial charge in [0, 0.05) is 5.56 Å². The van der Waals surface area contributed by atoms with Gasteiger partial charge in [-0.15, -0.1) is 9.24 Å². The van der Waals surface area contributed by atoms with Gasteiger partial charge in [-0.25, -0.2) is 4.39 Å². The van der Waals surface area contributed by atoms with Crippen molar-refractivity contribution in [3.05, 3.63) is 28.0 Å². The van der Waals surface area contributed by atoms with Crippen molar-refractivity contribution >= 4 is 36.3 Å². The average molecular weight is 249 g/mol. The molecule has 0 N–H and O–H groups in total. The summed E-state index contributed by atoms with van der Waals surface area (Å²) in [4.78, 5) is 10.9. The molecular weight excluding hydrogens is 242 g/mol. The highest BCUT2D eigenvalue weighted by Gasteiger charge is 2.07. The highest BCUT2D eigenvalue weighted by atomic mass is 79.9. The van der Waals surface area contributed by atoms with Gasteiger partial charge in [0.05, 0.1) is 4.47 Å². The second-order valence-electron chi connectivity index (χ2n) is 2.42. The Kier molecular flexibility index (Phi) is 2.97. The van der Waals surface area contributed by atoms with E-state index in [4.69, 9.17) is 0 Å². The molecule has 0 aromatic heterocycles. The zero-order valence-electron chi connectivity index (χ0n) is 6.40. The molecule has 1 aromatic rings. The lowest BCUT2D eigenvalue weighted by Gasteiger charge is -2.01. The van der Waals surface area contributed by atoms with Crippen molar-refractivity contribution in [2.75, 3.05) is 0 Å². The predicted octanol–water partition coefficient (Wildman–Crippen LogP) is 2.29. The summed E-state index contributed by atoms with van der Waals surface area (Å²) in [5, 5.41) is 0.653. The molecule has 0 aliphatic carbocycles. The van der Waals surface area contributed by atoms with E-state index in [0.717, 1.165) is 0 Å². The first-order valence-corrected chi connectivity index (χ1v) is 4.65. The topological polar surface area (TPSA) is 17.1 Å². The van der Waals surface area contributed by atoms with Crippen LogP contribution >= 0.6 is 25.2 Å². The van der Waals surface area contributed by atoms with Crippen LogP contribution < -0.4 is 5.30 Å². The molecule has 0 aliphatic heterocycles. The van der Waals surface area contributed by atoms with Crippen LogP contribution in [0.5, 0.6) is 0 Å². The van der Waals surface area contributed by atoms with Gasteiger partial charge >= 0.3 is 0 Å². The number of benzene rings is 1. The standard InChI is InChI=1S/C8H7BrFOP/c1-4(11)5-2-6(10)8(9)7(12)3-5/h2-3H,12H2,1H3. The third kappa shape index (κ3) is 1.90. The molecule has 4 heteroatoms. The van der Waals surface area contributed by atoms with E-state index in [0.29, 0.717) is 15.3 Å². The van der Waals surface area contributed by atoms with Gasteiger partial charge in [0.25, 0.3) is 0 Å². The molecule has 1 aromatic carbocycles. The minimum Gasteiger partial charge on any atom is -0.295 e. The number of ketones is 1. The average Bonchev–Trinajstić information content (AvgIpc) is 1.99. The van der Waals surface area contributed by atoms with Gasteiger partial charge in [0.15, 0.2) is 5.78 Å². The molecule has 1 atom stereocenters. The highest BCUT2D eigenvalue weighted by Crippen LogP contribution is 2.17. The van der Waals surface area contributed by atoms with Crippen LogP contribution in [0.1, 0.15) is 17.3 Å². The van der Waals surface area contributed by atoms with E-state index >= 15 is 0 Å². The Balaban J connectivity index is 3.31. The summed E-state index contributed by atoms with van der Waals surface area (Å²) < 4.78 is 13.4. The molecule has 0 spiro atoms. The molecule has 0 saturated carbocycles. The molecule has 1 unspecified atom stereocenters. The summed E-state index contributed by atoms with van der Waals surface area (Å²) in [6.45, 7) is 1.41. The fourth-order valence-corrected chi connectivity index (χ4v) is 1.36. The Labute approximate surface area is 80.7 Å². The van der Waals surface area contributed by atoms with Crippen molar-refractivity contribution in [3.63, 3.8) is 0 Å². The van der Waals surface area contributed by atoms with Crippen LogP contribution in [0.25, 0.3) is 0 Å². The van der Waals surface area contributed by atoms with Crippen LogP contribution in [-0.2, 0) is 0 Å². The molecular formula is C8H7BrFOP. The molecule has 1 nitrogen and oxygen atoms in total. The molecule has 0 heterocycles. The fraction of sp³-hybridized carbons (Fsp3) is 0.125. The van der Waals surface area contributed by atoms with Crippen molar-refractivity contribution in [2.45, 2.75) is 6.92 Å². The normalized spacial score (nSPS) is 10.0. The van der Waals surface area contributed by atoms with Gasteiger partial charge < -0.3 is 0 Å². The number of halogens is 2. The van der Waals surface area contributed by atoms with Crippen LogP contribution in [0.4, 0.5) is 4.39 Å². The van der Waals surface area contributed by atoms with Crippen LogP contribution in [-0.4, -0.2) is 5.78 Å². The van der Waals surface area contributed by atoms with E-state index in [1.165, 1.54) is 13.0 Å². The summed E-state index contributed by atoms with van der Waals surface area (Å²) in [5.74, 6) is -0.544. The van der Waals surface area contributed by atoms with Crippen molar-refractivity contribution < 1.29 is 9.18 Å². The lowest BCUT2D eigenvalue weighted by atomic mass is 10.1.